The zero-order chi connectivity index (χ0) is 14.4. The van der Waals surface area contributed by atoms with E-state index in [1.54, 1.807) is 19.2 Å². The fourth-order valence-corrected chi connectivity index (χ4v) is 1.70. The van der Waals surface area contributed by atoms with Crippen LogP contribution in [0.3, 0.4) is 0 Å². The van der Waals surface area contributed by atoms with Crippen molar-refractivity contribution >= 4 is 11.5 Å². The van der Waals surface area contributed by atoms with Crippen molar-refractivity contribution in [1.29, 1.82) is 0 Å². The minimum absolute atomic E-state index is 0.0920. The quantitative estimate of drug-likeness (QED) is 0.344. The van der Waals surface area contributed by atoms with E-state index in [-0.39, 0.29) is 5.84 Å². The minimum Gasteiger partial charge on any atom is -0.497 e. The van der Waals surface area contributed by atoms with Gasteiger partial charge in [0, 0.05) is 31.8 Å². The van der Waals surface area contributed by atoms with Crippen molar-refractivity contribution in [2.75, 3.05) is 46.2 Å². The van der Waals surface area contributed by atoms with Crippen molar-refractivity contribution in [1.82, 2.24) is 4.90 Å². The molecule has 0 spiro atoms. The zero-order valence-electron chi connectivity index (χ0n) is 11.9. The average Bonchev–Trinajstić information content (AvgIpc) is 2.43. The molecule has 3 N–H and O–H groups in total. The number of hydrogen-bond acceptors (Lipinski definition) is 5. The zero-order valence-corrected chi connectivity index (χ0v) is 11.9. The standard InChI is InChI=1S/C13H22N4O2/c1-16(2)7-8-17(3)12-9-10(19-4)5-6-11(12)13(14)15-18/h5-6,9,18H,7-8H2,1-4H3,(H2,14,15). The molecule has 0 aliphatic carbocycles. The van der Waals surface area contributed by atoms with E-state index >= 15 is 0 Å². The number of amidine groups is 1. The predicted octanol–water partition coefficient (Wildman–Crippen LogP) is 0.788. The minimum atomic E-state index is 0.0920. The van der Waals surface area contributed by atoms with Crippen LogP contribution in [0.2, 0.25) is 0 Å². The summed E-state index contributed by atoms with van der Waals surface area (Å²) < 4.78 is 5.22. The summed E-state index contributed by atoms with van der Waals surface area (Å²) in [5.74, 6) is 0.829. The van der Waals surface area contributed by atoms with Crippen LogP contribution in [0.5, 0.6) is 5.75 Å². The molecule has 1 aromatic rings. The maximum atomic E-state index is 8.84. The van der Waals surface area contributed by atoms with Gasteiger partial charge in [0.1, 0.15) is 5.75 Å². The van der Waals surface area contributed by atoms with E-state index in [1.165, 1.54) is 0 Å². The van der Waals surface area contributed by atoms with Gasteiger partial charge < -0.3 is 25.5 Å². The third kappa shape index (κ3) is 4.03. The molecule has 0 atom stereocenters. The van der Waals surface area contributed by atoms with Gasteiger partial charge in [-0.05, 0) is 26.2 Å². The van der Waals surface area contributed by atoms with Crippen LogP contribution in [0.15, 0.2) is 23.4 Å². The number of likely N-dealkylation sites (N-methyl/N-ethyl adjacent to an activating group) is 2. The first-order valence-electron chi connectivity index (χ1n) is 6.01. The number of benzene rings is 1. The smallest absolute Gasteiger partial charge is 0.172 e. The van der Waals surface area contributed by atoms with Gasteiger partial charge in [0.15, 0.2) is 5.84 Å². The normalized spacial score (nSPS) is 11.7. The van der Waals surface area contributed by atoms with Gasteiger partial charge in [-0.1, -0.05) is 5.16 Å². The molecule has 0 saturated heterocycles. The summed E-state index contributed by atoms with van der Waals surface area (Å²) in [4.78, 5) is 4.15. The monoisotopic (exact) mass is 266 g/mol. The van der Waals surface area contributed by atoms with E-state index in [0.29, 0.717) is 5.56 Å². The number of hydrogen-bond donors (Lipinski definition) is 2. The highest BCUT2D eigenvalue weighted by molar-refractivity contribution is 6.02. The van der Waals surface area contributed by atoms with Crippen LogP contribution in [0, 0.1) is 0 Å². The first-order valence-corrected chi connectivity index (χ1v) is 6.01. The van der Waals surface area contributed by atoms with Crippen molar-refractivity contribution in [3.63, 3.8) is 0 Å². The highest BCUT2D eigenvalue weighted by Crippen LogP contribution is 2.25. The lowest BCUT2D eigenvalue weighted by Gasteiger charge is -2.24. The molecule has 0 aliphatic heterocycles. The Bertz CT molecular complexity index is 446. The second-order valence-corrected chi connectivity index (χ2v) is 4.59. The van der Waals surface area contributed by atoms with Crippen LogP contribution in [-0.4, -0.2) is 57.3 Å². The Morgan fingerprint density at radius 1 is 1.32 bits per heavy atom. The van der Waals surface area contributed by atoms with Gasteiger partial charge in [-0.25, -0.2) is 0 Å². The van der Waals surface area contributed by atoms with Crippen LogP contribution in [0.4, 0.5) is 5.69 Å². The Labute approximate surface area is 114 Å². The van der Waals surface area contributed by atoms with Crippen LogP contribution < -0.4 is 15.4 Å². The SMILES string of the molecule is COc1ccc(/C(N)=N/O)c(N(C)CCN(C)C)c1. The van der Waals surface area contributed by atoms with E-state index < -0.39 is 0 Å². The van der Waals surface area contributed by atoms with Crippen molar-refractivity contribution in [2.24, 2.45) is 10.9 Å². The average molecular weight is 266 g/mol. The van der Waals surface area contributed by atoms with Crippen LogP contribution in [0.25, 0.3) is 0 Å². The Kier molecular flexibility index (Phi) is 5.44. The molecule has 0 unspecified atom stereocenters. The topological polar surface area (TPSA) is 74.3 Å². The van der Waals surface area contributed by atoms with Gasteiger partial charge in [0.05, 0.1) is 12.8 Å². The molecular formula is C13H22N4O2. The molecule has 0 radical (unpaired) electrons. The molecule has 0 fully saturated rings. The van der Waals surface area contributed by atoms with Crippen LogP contribution >= 0.6 is 0 Å². The fourth-order valence-electron chi connectivity index (χ4n) is 1.70. The van der Waals surface area contributed by atoms with E-state index in [2.05, 4.69) is 15.0 Å². The maximum Gasteiger partial charge on any atom is 0.172 e. The largest absolute Gasteiger partial charge is 0.497 e. The lowest BCUT2D eigenvalue weighted by atomic mass is 10.1. The molecule has 0 aromatic heterocycles. The van der Waals surface area contributed by atoms with Gasteiger partial charge in [0.2, 0.25) is 0 Å². The number of methoxy groups -OCH3 is 1. The Hall–Kier alpha value is -1.95. The Morgan fingerprint density at radius 2 is 2.00 bits per heavy atom. The van der Waals surface area contributed by atoms with E-state index in [1.807, 2.05) is 27.2 Å². The van der Waals surface area contributed by atoms with Gasteiger partial charge in [-0.15, -0.1) is 0 Å². The predicted molar refractivity (Wildman–Crippen MR) is 77.3 cm³/mol. The highest BCUT2D eigenvalue weighted by atomic mass is 16.5. The number of anilines is 1. The molecule has 0 bridgehead atoms. The maximum absolute atomic E-state index is 8.84. The van der Waals surface area contributed by atoms with E-state index in [0.717, 1.165) is 24.5 Å². The molecule has 19 heavy (non-hydrogen) atoms. The number of nitrogens with two attached hydrogens (primary N) is 1. The molecule has 1 aromatic carbocycles. The molecule has 6 nitrogen and oxygen atoms in total. The second-order valence-electron chi connectivity index (χ2n) is 4.59. The summed E-state index contributed by atoms with van der Waals surface area (Å²) in [6.45, 7) is 1.73. The third-order valence-electron chi connectivity index (χ3n) is 2.88. The number of nitrogens with zero attached hydrogens (tertiary/aromatic N) is 3. The number of oxime groups is 1. The second kappa shape index (κ2) is 6.84. The van der Waals surface area contributed by atoms with Crippen molar-refractivity contribution < 1.29 is 9.94 Å². The summed E-state index contributed by atoms with van der Waals surface area (Å²) in [5, 5.41) is 11.9. The highest BCUT2D eigenvalue weighted by Gasteiger charge is 2.12. The molecular weight excluding hydrogens is 244 g/mol. The Balaban J connectivity index is 3.06. The van der Waals surface area contributed by atoms with Gasteiger partial charge in [-0.2, -0.15) is 0 Å². The molecule has 0 saturated carbocycles. The molecule has 106 valence electrons. The first-order chi connectivity index (χ1) is 8.99. The summed E-state index contributed by atoms with van der Waals surface area (Å²) in [7, 11) is 7.61. The summed E-state index contributed by atoms with van der Waals surface area (Å²) >= 11 is 0. The van der Waals surface area contributed by atoms with Crippen molar-refractivity contribution in [3.8, 4) is 5.75 Å². The van der Waals surface area contributed by atoms with Gasteiger partial charge in [-0.3, -0.25) is 0 Å². The summed E-state index contributed by atoms with van der Waals surface area (Å²) in [5.41, 5.74) is 7.26. The number of rotatable bonds is 6. The van der Waals surface area contributed by atoms with Crippen molar-refractivity contribution in [3.05, 3.63) is 23.8 Å². The summed E-state index contributed by atoms with van der Waals surface area (Å²) in [6.07, 6.45) is 0. The molecule has 0 heterocycles. The van der Waals surface area contributed by atoms with Gasteiger partial charge in [0.25, 0.3) is 0 Å². The van der Waals surface area contributed by atoms with E-state index in [4.69, 9.17) is 15.7 Å². The summed E-state index contributed by atoms with van der Waals surface area (Å²) in [6, 6.07) is 5.45. The van der Waals surface area contributed by atoms with Crippen LogP contribution in [0.1, 0.15) is 5.56 Å². The van der Waals surface area contributed by atoms with E-state index in [9.17, 15) is 0 Å². The van der Waals surface area contributed by atoms with Gasteiger partial charge >= 0.3 is 0 Å². The molecule has 6 heteroatoms. The fraction of sp³-hybridized carbons (Fsp3) is 0.462. The van der Waals surface area contributed by atoms with Crippen molar-refractivity contribution in [2.45, 2.75) is 0 Å². The lowest BCUT2D eigenvalue weighted by molar-refractivity contribution is 0.318. The lowest BCUT2D eigenvalue weighted by Crippen LogP contribution is -2.30. The third-order valence-corrected chi connectivity index (χ3v) is 2.88. The molecule has 1 rings (SSSR count). The first kappa shape index (κ1) is 15.1. The van der Waals surface area contributed by atoms with Crippen LogP contribution in [-0.2, 0) is 0 Å². The number of ether oxygens (including phenoxy) is 1. The molecule has 0 amide bonds. The molecule has 0 aliphatic rings. The Morgan fingerprint density at radius 3 is 2.53 bits per heavy atom.